The first-order valence-electron chi connectivity index (χ1n) is 8.18. The minimum absolute atomic E-state index is 0.142. The summed E-state index contributed by atoms with van der Waals surface area (Å²) < 4.78 is 65.7. The van der Waals surface area contributed by atoms with Gasteiger partial charge in [0.1, 0.15) is 5.69 Å². The molecule has 3 aromatic rings. The Kier molecular flexibility index (Phi) is 5.55. The largest absolute Gasteiger partial charge is 0.416 e. The van der Waals surface area contributed by atoms with Crippen LogP contribution in [0.25, 0.3) is 0 Å². The second-order valence-corrected chi connectivity index (χ2v) is 7.56. The Hall–Kier alpha value is -3.40. The molecule has 1 heterocycles. The van der Waals surface area contributed by atoms with Gasteiger partial charge in [-0.3, -0.25) is 14.5 Å². The molecule has 29 heavy (non-hydrogen) atoms. The molecular formula is C19H14F3N3O3S. The molecule has 2 N–H and O–H groups in total. The van der Waals surface area contributed by atoms with E-state index in [2.05, 4.69) is 15.0 Å². The van der Waals surface area contributed by atoms with Crippen LogP contribution in [0.4, 0.5) is 24.5 Å². The topological polar surface area (TPSA) is 88.2 Å². The van der Waals surface area contributed by atoms with E-state index in [9.17, 15) is 26.4 Å². The Morgan fingerprint density at radius 1 is 0.897 bits per heavy atom. The van der Waals surface area contributed by atoms with Gasteiger partial charge in [0.15, 0.2) is 0 Å². The first-order chi connectivity index (χ1) is 13.6. The van der Waals surface area contributed by atoms with Crippen molar-refractivity contribution in [1.29, 1.82) is 0 Å². The van der Waals surface area contributed by atoms with Gasteiger partial charge in [0.25, 0.3) is 15.9 Å². The van der Waals surface area contributed by atoms with Gasteiger partial charge in [0, 0.05) is 17.6 Å². The Balaban J connectivity index is 1.81. The molecule has 0 unspecified atom stereocenters. The molecule has 0 aliphatic heterocycles. The summed E-state index contributed by atoms with van der Waals surface area (Å²) in [5.74, 6) is -0.536. The average Bonchev–Trinajstić information content (AvgIpc) is 2.68. The lowest BCUT2D eigenvalue weighted by Gasteiger charge is -2.12. The molecule has 0 spiro atoms. The molecule has 0 saturated heterocycles. The first-order valence-corrected chi connectivity index (χ1v) is 9.66. The van der Waals surface area contributed by atoms with Crippen LogP contribution in [0, 0.1) is 0 Å². The molecule has 0 bridgehead atoms. The normalized spacial score (nSPS) is 11.7. The first kappa shape index (κ1) is 20.3. The van der Waals surface area contributed by atoms with Crippen LogP contribution < -0.4 is 10.0 Å². The van der Waals surface area contributed by atoms with Gasteiger partial charge in [0.05, 0.1) is 10.5 Å². The standard InChI is InChI=1S/C19H14F3N3O3S/c20-19(21,22)13-5-3-7-15(11-13)25-29(27,28)16-8-4-6-14(12-16)24-18(26)17-9-1-2-10-23-17/h1-12,25H,(H,24,26). The summed E-state index contributed by atoms with van der Waals surface area (Å²) in [6, 6.07) is 13.9. The van der Waals surface area contributed by atoms with Crippen LogP contribution in [-0.4, -0.2) is 19.3 Å². The number of rotatable bonds is 5. The predicted molar refractivity (Wildman–Crippen MR) is 101 cm³/mol. The van der Waals surface area contributed by atoms with Crippen molar-refractivity contribution in [3.63, 3.8) is 0 Å². The summed E-state index contributed by atoms with van der Waals surface area (Å²) in [6.45, 7) is 0. The maximum absolute atomic E-state index is 12.8. The molecule has 0 aliphatic rings. The van der Waals surface area contributed by atoms with Crippen molar-refractivity contribution in [1.82, 2.24) is 4.98 Å². The second-order valence-electron chi connectivity index (χ2n) is 5.88. The number of sulfonamides is 1. The quantitative estimate of drug-likeness (QED) is 0.648. The van der Waals surface area contributed by atoms with E-state index in [1.165, 1.54) is 42.6 Å². The number of nitrogens with one attached hydrogen (secondary N) is 2. The summed E-state index contributed by atoms with van der Waals surface area (Å²) in [5, 5.41) is 2.52. The molecule has 0 aliphatic carbocycles. The van der Waals surface area contributed by atoms with Crippen molar-refractivity contribution in [2.75, 3.05) is 10.0 Å². The van der Waals surface area contributed by atoms with E-state index in [1.807, 2.05) is 0 Å². The van der Waals surface area contributed by atoms with Gasteiger partial charge >= 0.3 is 6.18 Å². The van der Waals surface area contributed by atoms with Crippen LogP contribution >= 0.6 is 0 Å². The number of amides is 1. The summed E-state index contributed by atoms with van der Waals surface area (Å²) in [4.78, 5) is 15.8. The smallest absolute Gasteiger partial charge is 0.321 e. The zero-order valence-electron chi connectivity index (χ0n) is 14.6. The average molecular weight is 421 g/mol. The van der Waals surface area contributed by atoms with E-state index in [0.29, 0.717) is 6.07 Å². The summed E-state index contributed by atoms with van der Waals surface area (Å²) in [7, 11) is -4.18. The van der Waals surface area contributed by atoms with Crippen molar-refractivity contribution < 1.29 is 26.4 Å². The molecule has 2 aromatic carbocycles. The third kappa shape index (κ3) is 5.11. The Labute approximate surface area is 164 Å². The number of carbonyl (C=O) groups is 1. The van der Waals surface area contributed by atoms with Crippen LogP contribution in [0.3, 0.4) is 0 Å². The lowest BCUT2D eigenvalue weighted by atomic mass is 10.2. The fraction of sp³-hybridized carbons (Fsp3) is 0.0526. The van der Waals surface area contributed by atoms with E-state index >= 15 is 0 Å². The van der Waals surface area contributed by atoms with Crippen molar-refractivity contribution in [3.05, 3.63) is 84.2 Å². The summed E-state index contributed by atoms with van der Waals surface area (Å²) in [6.07, 6.45) is -3.16. The molecule has 0 fully saturated rings. The van der Waals surface area contributed by atoms with Gasteiger partial charge in [-0.05, 0) is 48.5 Å². The number of aromatic nitrogens is 1. The highest BCUT2D eigenvalue weighted by atomic mass is 32.2. The Bertz CT molecular complexity index is 1130. The van der Waals surface area contributed by atoms with Crippen LogP contribution in [-0.2, 0) is 16.2 Å². The van der Waals surface area contributed by atoms with E-state index in [4.69, 9.17) is 0 Å². The van der Waals surface area contributed by atoms with Crippen LogP contribution in [0.1, 0.15) is 16.1 Å². The number of benzene rings is 2. The molecule has 1 amide bonds. The highest BCUT2D eigenvalue weighted by molar-refractivity contribution is 7.92. The van der Waals surface area contributed by atoms with Crippen LogP contribution in [0.15, 0.2) is 77.8 Å². The zero-order chi connectivity index (χ0) is 21.1. The lowest BCUT2D eigenvalue weighted by molar-refractivity contribution is -0.137. The predicted octanol–water partition coefficient (Wildman–Crippen LogP) is 4.15. The number of carbonyl (C=O) groups excluding carboxylic acids is 1. The number of nitrogens with zero attached hydrogens (tertiary/aromatic N) is 1. The monoisotopic (exact) mass is 421 g/mol. The SMILES string of the molecule is O=C(Nc1cccc(S(=O)(=O)Nc2cccc(C(F)(F)F)c2)c1)c1ccccn1. The maximum atomic E-state index is 12.8. The lowest BCUT2D eigenvalue weighted by Crippen LogP contribution is -2.16. The number of anilines is 2. The third-order valence-corrected chi connectivity index (χ3v) is 5.12. The van der Waals surface area contributed by atoms with Crippen molar-refractivity contribution in [3.8, 4) is 0 Å². The summed E-state index contributed by atoms with van der Waals surface area (Å²) >= 11 is 0. The van der Waals surface area contributed by atoms with E-state index in [-0.39, 0.29) is 22.0 Å². The fourth-order valence-corrected chi connectivity index (χ4v) is 3.50. The van der Waals surface area contributed by atoms with Gasteiger partial charge in [-0.2, -0.15) is 13.2 Å². The van der Waals surface area contributed by atoms with Crippen molar-refractivity contribution >= 4 is 27.3 Å². The summed E-state index contributed by atoms with van der Waals surface area (Å²) in [5.41, 5.74) is -0.882. The van der Waals surface area contributed by atoms with Gasteiger partial charge < -0.3 is 5.32 Å². The van der Waals surface area contributed by atoms with Crippen LogP contribution in [0.5, 0.6) is 0 Å². The minimum Gasteiger partial charge on any atom is -0.321 e. The Morgan fingerprint density at radius 3 is 2.31 bits per heavy atom. The van der Waals surface area contributed by atoms with Gasteiger partial charge in [-0.15, -0.1) is 0 Å². The second kappa shape index (κ2) is 7.92. The third-order valence-electron chi connectivity index (χ3n) is 3.74. The van der Waals surface area contributed by atoms with Crippen LogP contribution in [0.2, 0.25) is 0 Å². The van der Waals surface area contributed by atoms with E-state index in [0.717, 1.165) is 12.1 Å². The Morgan fingerprint density at radius 2 is 1.62 bits per heavy atom. The molecule has 10 heteroatoms. The fourth-order valence-electron chi connectivity index (χ4n) is 2.41. The van der Waals surface area contributed by atoms with Gasteiger partial charge in [0.2, 0.25) is 0 Å². The molecule has 0 radical (unpaired) electrons. The minimum atomic E-state index is -4.60. The number of hydrogen-bond donors (Lipinski definition) is 2. The van der Waals surface area contributed by atoms with Crippen molar-refractivity contribution in [2.24, 2.45) is 0 Å². The molecule has 1 aromatic heterocycles. The number of hydrogen-bond acceptors (Lipinski definition) is 4. The molecule has 3 rings (SSSR count). The zero-order valence-corrected chi connectivity index (χ0v) is 15.5. The molecular weight excluding hydrogens is 407 g/mol. The molecule has 0 saturated carbocycles. The molecule has 150 valence electrons. The molecule has 0 atom stereocenters. The number of halogens is 3. The van der Waals surface area contributed by atoms with E-state index in [1.54, 1.807) is 12.1 Å². The van der Waals surface area contributed by atoms with Crippen molar-refractivity contribution in [2.45, 2.75) is 11.1 Å². The van der Waals surface area contributed by atoms with Gasteiger partial charge in [-0.1, -0.05) is 18.2 Å². The molecule has 6 nitrogen and oxygen atoms in total. The highest BCUT2D eigenvalue weighted by Crippen LogP contribution is 2.31. The number of pyridine rings is 1. The number of alkyl halides is 3. The van der Waals surface area contributed by atoms with E-state index < -0.39 is 27.7 Å². The highest BCUT2D eigenvalue weighted by Gasteiger charge is 2.30. The maximum Gasteiger partial charge on any atom is 0.416 e. The van der Waals surface area contributed by atoms with Gasteiger partial charge in [-0.25, -0.2) is 8.42 Å².